The fourth-order valence-corrected chi connectivity index (χ4v) is 1.76. The number of amides is 1. The lowest BCUT2D eigenvalue weighted by atomic mass is 10.2. The number of carbonyl (C=O) groups is 1. The van der Waals surface area contributed by atoms with E-state index in [0.29, 0.717) is 16.3 Å². The van der Waals surface area contributed by atoms with Crippen molar-refractivity contribution in [3.8, 4) is 11.5 Å². The van der Waals surface area contributed by atoms with Crippen molar-refractivity contribution in [2.24, 2.45) is 5.10 Å². The van der Waals surface area contributed by atoms with Crippen molar-refractivity contribution in [2.45, 2.75) is 13.0 Å². The van der Waals surface area contributed by atoms with Crippen LogP contribution in [0.15, 0.2) is 53.6 Å². The summed E-state index contributed by atoms with van der Waals surface area (Å²) in [5, 5.41) is 13.7. The molecule has 1 atom stereocenters. The van der Waals surface area contributed by atoms with Crippen LogP contribution in [0.2, 0.25) is 5.02 Å². The van der Waals surface area contributed by atoms with Gasteiger partial charge in [0.25, 0.3) is 5.91 Å². The van der Waals surface area contributed by atoms with Gasteiger partial charge in [0.15, 0.2) is 6.10 Å². The second-order valence-electron chi connectivity index (χ2n) is 4.54. The second kappa shape index (κ2) is 7.47. The van der Waals surface area contributed by atoms with E-state index in [1.165, 1.54) is 12.3 Å². The van der Waals surface area contributed by atoms with Crippen molar-refractivity contribution in [1.82, 2.24) is 5.43 Å². The minimum absolute atomic E-state index is 0.134. The molecule has 2 aromatic carbocycles. The molecule has 0 heterocycles. The van der Waals surface area contributed by atoms with Gasteiger partial charge in [-0.15, -0.1) is 0 Å². The first-order chi connectivity index (χ1) is 10.5. The quantitative estimate of drug-likeness (QED) is 0.657. The minimum atomic E-state index is -0.706. The van der Waals surface area contributed by atoms with Crippen molar-refractivity contribution < 1.29 is 14.6 Å². The van der Waals surface area contributed by atoms with E-state index in [9.17, 15) is 9.90 Å². The molecule has 6 heteroatoms. The zero-order chi connectivity index (χ0) is 15.9. The summed E-state index contributed by atoms with van der Waals surface area (Å²) in [5.41, 5.74) is 3.05. The molecule has 2 N–H and O–H groups in total. The average Bonchev–Trinajstić information content (AvgIpc) is 2.49. The molecular formula is C16H15ClN2O3. The van der Waals surface area contributed by atoms with Gasteiger partial charge in [-0.1, -0.05) is 23.7 Å². The van der Waals surface area contributed by atoms with Gasteiger partial charge >= 0.3 is 0 Å². The molecule has 2 rings (SSSR count). The van der Waals surface area contributed by atoms with Gasteiger partial charge in [-0.3, -0.25) is 4.79 Å². The maximum Gasteiger partial charge on any atom is 0.280 e. The minimum Gasteiger partial charge on any atom is -0.508 e. The molecule has 0 aliphatic rings. The highest BCUT2D eigenvalue weighted by Gasteiger charge is 2.13. The molecule has 1 unspecified atom stereocenters. The predicted octanol–water partition coefficient (Wildman–Crippen LogP) is 2.96. The Hall–Kier alpha value is -2.53. The molecule has 2 aromatic rings. The molecule has 1 amide bonds. The predicted molar refractivity (Wildman–Crippen MR) is 85.4 cm³/mol. The van der Waals surface area contributed by atoms with E-state index in [4.69, 9.17) is 16.3 Å². The van der Waals surface area contributed by atoms with Crippen LogP contribution in [0.1, 0.15) is 12.5 Å². The average molecular weight is 319 g/mol. The van der Waals surface area contributed by atoms with Crippen LogP contribution in [0.4, 0.5) is 0 Å². The number of carbonyl (C=O) groups excluding carboxylic acids is 1. The number of hydrogen-bond donors (Lipinski definition) is 2. The number of benzene rings is 2. The van der Waals surface area contributed by atoms with Gasteiger partial charge in [-0.05, 0) is 48.9 Å². The fraction of sp³-hybridized carbons (Fsp3) is 0.125. The molecule has 0 bridgehead atoms. The van der Waals surface area contributed by atoms with Crippen LogP contribution in [0, 0.1) is 0 Å². The monoisotopic (exact) mass is 318 g/mol. The van der Waals surface area contributed by atoms with Crippen LogP contribution < -0.4 is 10.2 Å². The van der Waals surface area contributed by atoms with Gasteiger partial charge in [0.2, 0.25) is 0 Å². The highest BCUT2D eigenvalue weighted by molar-refractivity contribution is 6.30. The standard InChI is InChI=1S/C16H15ClN2O3/c1-11(22-15-7-5-13(17)6-8-15)16(21)19-18-10-12-3-2-4-14(20)9-12/h2-11,20H,1H3,(H,19,21)/b18-10+. The van der Waals surface area contributed by atoms with E-state index in [2.05, 4.69) is 10.5 Å². The van der Waals surface area contributed by atoms with Crippen molar-refractivity contribution in [3.05, 3.63) is 59.1 Å². The van der Waals surface area contributed by atoms with Gasteiger partial charge < -0.3 is 9.84 Å². The van der Waals surface area contributed by atoms with Crippen LogP contribution in [-0.2, 0) is 4.79 Å². The van der Waals surface area contributed by atoms with Crippen molar-refractivity contribution in [2.75, 3.05) is 0 Å². The molecule has 0 saturated heterocycles. The Morgan fingerprint density at radius 1 is 1.32 bits per heavy atom. The number of nitrogens with zero attached hydrogens (tertiary/aromatic N) is 1. The molecule has 0 spiro atoms. The lowest BCUT2D eigenvalue weighted by Crippen LogP contribution is -2.33. The number of phenolic OH excluding ortho intramolecular Hbond substituents is 1. The summed E-state index contributed by atoms with van der Waals surface area (Å²) < 4.78 is 5.47. The molecule has 5 nitrogen and oxygen atoms in total. The van der Waals surface area contributed by atoms with Crippen LogP contribution >= 0.6 is 11.6 Å². The summed E-state index contributed by atoms with van der Waals surface area (Å²) in [4.78, 5) is 11.8. The zero-order valence-corrected chi connectivity index (χ0v) is 12.6. The van der Waals surface area contributed by atoms with Gasteiger partial charge in [0.1, 0.15) is 11.5 Å². The Balaban J connectivity index is 1.87. The number of ether oxygens (including phenoxy) is 1. The number of phenols is 1. The van der Waals surface area contributed by atoms with Gasteiger partial charge in [0.05, 0.1) is 6.21 Å². The number of halogens is 1. The number of nitrogens with one attached hydrogen (secondary N) is 1. The Kier molecular flexibility index (Phi) is 5.38. The van der Waals surface area contributed by atoms with E-state index < -0.39 is 6.10 Å². The molecule has 0 aliphatic heterocycles. The third kappa shape index (κ3) is 4.79. The van der Waals surface area contributed by atoms with Crippen LogP contribution in [0.3, 0.4) is 0 Å². The van der Waals surface area contributed by atoms with E-state index in [1.54, 1.807) is 49.4 Å². The van der Waals surface area contributed by atoms with E-state index in [1.807, 2.05) is 0 Å². The van der Waals surface area contributed by atoms with Gasteiger partial charge in [0, 0.05) is 5.02 Å². The second-order valence-corrected chi connectivity index (χ2v) is 4.98. The SMILES string of the molecule is CC(Oc1ccc(Cl)cc1)C(=O)N/N=C/c1cccc(O)c1. The summed E-state index contributed by atoms with van der Waals surface area (Å²) in [6.07, 6.45) is 0.731. The first-order valence-electron chi connectivity index (χ1n) is 6.59. The summed E-state index contributed by atoms with van der Waals surface area (Å²) in [7, 11) is 0. The Morgan fingerprint density at radius 3 is 2.73 bits per heavy atom. The highest BCUT2D eigenvalue weighted by Crippen LogP contribution is 2.16. The molecule has 22 heavy (non-hydrogen) atoms. The highest BCUT2D eigenvalue weighted by atomic mass is 35.5. The fourth-order valence-electron chi connectivity index (χ4n) is 1.64. The maximum absolute atomic E-state index is 11.8. The number of rotatable bonds is 5. The Labute approximate surface area is 133 Å². The van der Waals surface area contributed by atoms with Crippen LogP contribution in [0.5, 0.6) is 11.5 Å². The largest absolute Gasteiger partial charge is 0.508 e. The Bertz CT molecular complexity index is 671. The van der Waals surface area contributed by atoms with Crippen LogP contribution in [0.25, 0.3) is 0 Å². The third-order valence-corrected chi connectivity index (χ3v) is 3.01. The Morgan fingerprint density at radius 2 is 2.05 bits per heavy atom. The maximum atomic E-state index is 11.8. The molecular weight excluding hydrogens is 304 g/mol. The number of hydrogen-bond acceptors (Lipinski definition) is 4. The summed E-state index contributed by atoms with van der Waals surface area (Å²) in [6, 6.07) is 13.3. The van der Waals surface area contributed by atoms with Crippen molar-refractivity contribution in [1.29, 1.82) is 0 Å². The molecule has 114 valence electrons. The van der Waals surface area contributed by atoms with Crippen molar-refractivity contribution >= 4 is 23.7 Å². The van der Waals surface area contributed by atoms with Crippen LogP contribution in [-0.4, -0.2) is 23.3 Å². The molecule has 0 aliphatic carbocycles. The molecule has 0 saturated carbocycles. The zero-order valence-electron chi connectivity index (χ0n) is 11.9. The lowest BCUT2D eigenvalue weighted by Gasteiger charge is -2.12. The third-order valence-electron chi connectivity index (χ3n) is 2.75. The summed E-state index contributed by atoms with van der Waals surface area (Å²) in [5.74, 6) is 0.296. The first-order valence-corrected chi connectivity index (χ1v) is 6.96. The molecule has 0 radical (unpaired) electrons. The van der Waals surface area contributed by atoms with E-state index in [0.717, 1.165) is 0 Å². The lowest BCUT2D eigenvalue weighted by molar-refractivity contribution is -0.127. The van der Waals surface area contributed by atoms with E-state index >= 15 is 0 Å². The normalized spacial score (nSPS) is 12.1. The summed E-state index contributed by atoms with van der Waals surface area (Å²) in [6.45, 7) is 1.62. The van der Waals surface area contributed by atoms with Crippen molar-refractivity contribution in [3.63, 3.8) is 0 Å². The number of hydrazone groups is 1. The van der Waals surface area contributed by atoms with E-state index in [-0.39, 0.29) is 11.7 Å². The van der Waals surface area contributed by atoms with Gasteiger partial charge in [-0.2, -0.15) is 5.10 Å². The first kappa shape index (κ1) is 15.9. The molecule has 0 aromatic heterocycles. The smallest absolute Gasteiger partial charge is 0.280 e. The number of aromatic hydroxyl groups is 1. The molecule has 0 fully saturated rings. The summed E-state index contributed by atoms with van der Waals surface area (Å²) >= 11 is 5.78. The van der Waals surface area contributed by atoms with Gasteiger partial charge in [-0.25, -0.2) is 5.43 Å². The topological polar surface area (TPSA) is 70.9 Å².